The summed E-state index contributed by atoms with van der Waals surface area (Å²) in [6, 6.07) is -0.395. The van der Waals surface area contributed by atoms with Crippen LogP contribution in [-0.4, -0.2) is 64.6 Å². The maximum absolute atomic E-state index is 12.7. The number of hydrogen-bond donors (Lipinski definition) is 1. The molecule has 0 spiro atoms. The van der Waals surface area contributed by atoms with Crippen LogP contribution < -0.4 is 5.32 Å². The van der Waals surface area contributed by atoms with Crippen LogP contribution in [0, 0.1) is 5.41 Å². The van der Waals surface area contributed by atoms with Gasteiger partial charge in [-0.25, -0.2) is 0 Å². The predicted octanol–water partition coefficient (Wildman–Crippen LogP) is 0.819. The first-order valence-electron chi connectivity index (χ1n) is 7.98. The molecule has 1 aromatic rings. The standard InChI is InChI=1S/C16H27N5O2.ClH/c1-16(2,3)15(23)21-8-6-20(7-9-21)14(22)13(17-4)12-10-18-19(5)11-12;/h10-11,13,17H,6-9H2,1-5H3;1H. The zero-order valence-electron chi connectivity index (χ0n) is 15.1. The molecule has 2 amide bonds. The van der Waals surface area contributed by atoms with Crippen molar-refractivity contribution in [2.75, 3.05) is 33.2 Å². The second kappa shape index (κ2) is 7.98. The smallest absolute Gasteiger partial charge is 0.244 e. The van der Waals surface area contributed by atoms with Gasteiger partial charge >= 0.3 is 0 Å². The van der Waals surface area contributed by atoms with Gasteiger partial charge in [-0.2, -0.15) is 5.10 Å². The lowest BCUT2D eigenvalue weighted by Crippen LogP contribution is -2.54. The van der Waals surface area contributed by atoms with Gasteiger partial charge in [0.15, 0.2) is 0 Å². The number of carbonyl (C=O) groups excluding carboxylic acids is 2. The molecular weight excluding hydrogens is 330 g/mol. The Balaban J connectivity index is 0.00000288. The Kier molecular flexibility index (Phi) is 6.80. The summed E-state index contributed by atoms with van der Waals surface area (Å²) < 4.78 is 1.69. The van der Waals surface area contributed by atoms with E-state index in [1.54, 1.807) is 17.9 Å². The molecule has 1 atom stereocenters. The summed E-state index contributed by atoms with van der Waals surface area (Å²) >= 11 is 0. The van der Waals surface area contributed by atoms with Crippen molar-refractivity contribution in [3.63, 3.8) is 0 Å². The van der Waals surface area contributed by atoms with E-state index in [1.165, 1.54) is 0 Å². The van der Waals surface area contributed by atoms with Gasteiger partial charge < -0.3 is 15.1 Å². The molecule has 1 fully saturated rings. The highest BCUT2D eigenvalue weighted by Crippen LogP contribution is 2.20. The van der Waals surface area contributed by atoms with Crippen molar-refractivity contribution < 1.29 is 9.59 Å². The van der Waals surface area contributed by atoms with Crippen LogP contribution in [0.5, 0.6) is 0 Å². The van der Waals surface area contributed by atoms with Crippen LogP contribution >= 0.6 is 12.4 Å². The van der Waals surface area contributed by atoms with Gasteiger partial charge in [-0.15, -0.1) is 12.4 Å². The molecule has 0 aliphatic carbocycles. The van der Waals surface area contributed by atoms with E-state index in [4.69, 9.17) is 0 Å². The number of halogens is 1. The highest BCUT2D eigenvalue weighted by molar-refractivity contribution is 5.85. The topological polar surface area (TPSA) is 70.5 Å². The van der Waals surface area contributed by atoms with Gasteiger partial charge in [0.2, 0.25) is 11.8 Å². The summed E-state index contributed by atoms with van der Waals surface area (Å²) in [5, 5.41) is 7.19. The van der Waals surface area contributed by atoms with Crippen LogP contribution in [-0.2, 0) is 16.6 Å². The fraction of sp³-hybridized carbons (Fsp3) is 0.688. The van der Waals surface area contributed by atoms with Crippen molar-refractivity contribution >= 4 is 24.2 Å². The number of aromatic nitrogens is 2. The molecule has 1 aromatic heterocycles. The molecule has 0 radical (unpaired) electrons. The van der Waals surface area contributed by atoms with E-state index in [0.717, 1.165) is 5.56 Å². The van der Waals surface area contributed by atoms with Crippen LogP contribution in [0.2, 0.25) is 0 Å². The van der Waals surface area contributed by atoms with Crippen molar-refractivity contribution in [3.8, 4) is 0 Å². The third kappa shape index (κ3) is 4.48. The van der Waals surface area contributed by atoms with Crippen molar-refractivity contribution in [1.29, 1.82) is 0 Å². The monoisotopic (exact) mass is 357 g/mol. The summed E-state index contributed by atoms with van der Waals surface area (Å²) in [7, 11) is 3.60. The van der Waals surface area contributed by atoms with Gasteiger partial charge in [0.1, 0.15) is 6.04 Å². The number of amides is 2. The number of likely N-dealkylation sites (N-methyl/N-ethyl adjacent to an activating group) is 1. The number of rotatable bonds is 3. The Morgan fingerprint density at radius 1 is 1.17 bits per heavy atom. The molecule has 7 nitrogen and oxygen atoms in total. The third-order valence-electron chi connectivity index (χ3n) is 4.11. The van der Waals surface area contributed by atoms with Gasteiger partial charge in [-0.05, 0) is 7.05 Å². The Labute approximate surface area is 149 Å². The van der Waals surface area contributed by atoms with Crippen LogP contribution in [0.3, 0.4) is 0 Å². The van der Waals surface area contributed by atoms with E-state index in [-0.39, 0.29) is 29.6 Å². The lowest BCUT2D eigenvalue weighted by molar-refractivity contribution is -0.145. The van der Waals surface area contributed by atoms with E-state index in [2.05, 4.69) is 10.4 Å². The molecule has 2 heterocycles. The molecule has 8 heteroatoms. The summed E-state index contributed by atoms with van der Waals surface area (Å²) in [6.07, 6.45) is 3.55. The number of piperazine rings is 1. The maximum atomic E-state index is 12.7. The van der Waals surface area contributed by atoms with Gasteiger partial charge in [-0.1, -0.05) is 20.8 Å². The quantitative estimate of drug-likeness (QED) is 0.869. The molecule has 1 N–H and O–H groups in total. The molecule has 1 aliphatic heterocycles. The summed E-state index contributed by atoms with van der Waals surface area (Å²) in [5.74, 6) is 0.172. The molecule has 1 saturated heterocycles. The second-order valence-corrected chi connectivity index (χ2v) is 7.04. The highest BCUT2D eigenvalue weighted by Gasteiger charge is 2.33. The lowest BCUT2D eigenvalue weighted by atomic mass is 9.94. The molecule has 1 aliphatic rings. The Morgan fingerprint density at radius 3 is 2.12 bits per heavy atom. The maximum Gasteiger partial charge on any atom is 0.244 e. The zero-order valence-corrected chi connectivity index (χ0v) is 15.9. The molecule has 1 unspecified atom stereocenters. The number of hydrogen-bond acceptors (Lipinski definition) is 4. The van der Waals surface area contributed by atoms with E-state index in [1.807, 2.05) is 43.8 Å². The molecule has 0 saturated carbocycles. The summed E-state index contributed by atoms with van der Waals surface area (Å²) in [6.45, 7) is 8.08. The largest absolute Gasteiger partial charge is 0.339 e. The molecule has 0 bridgehead atoms. The number of carbonyl (C=O) groups is 2. The Bertz CT molecular complexity index is 573. The average molecular weight is 358 g/mol. The second-order valence-electron chi connectivity index (χ2n) is 7.04. The van der Waals surface area contributed by atoms with E-state index >= 15 is 0 Å². The third-order valence-corrected chi connectivity index (χ3v) is 4.11. The summed E-state index contributed by atoms with van der Waals surface area (Å²) in [4.78, 5) is 28.7. The molecule has 24 heavy (non-hydrogen) atoms. The lowest BCUT2D eigenvalue weighted by Gasteiger charge is -2.38. The van der Waals surface area contributed by atoms with Gasteiger partial charge in [0.05, 0.1) is 6.20 Å². The molecule has 2 rings (SSSR count). The van der Waals surface area contributed by atoms with Crippen molar-refractivity contribution in [2.45, 2.75) is 26.8 Å². The number of aryl methyl sites for hydroxylation is 1. The number of nitrogens with one attached hydrogen (secondary N) is 1. The fourth-order valence-electron chi connectivity index (χ4n) is 2.81. The SMILES string of the molecule is CNC(C(=O)N1CCN(C(=O)C(C)(C)C)CC1)c1cnn(C)c1.Cl. The normalized spacial score (nSPS) is 16.5. The average Bonchev–Trinajstić information content (AvgIpc) is 2.92. The fourth-order valence-corrected chi connectivity index (χ4v) is 2.81. The molecule has 136 valence electrons. The van der Waals surface area contributed by atoms with Crippen LogP contribution in [0.25, 0.3) is 0 Å². The van der Waals surface area contributed by atoms with E-state index in [0.29, 0.717) is 26.2 Å². The van der Waals surface area contributed by atoms with Crippen LogP contribution in [0.1, 0.15) is 32.4 Å². The first-order chi connectivity index (χ1) is 10.7. The predicted molar refractivity (Wildman–Crippen MR) is 94.9 cm³/mol. The number of nitrogens with zero attached hydrogens (tertiary/aromatic N) is 4. The summed E-state index contributed by atoms with van der Waals surface area (Å²) in [5.41, 5.74) is 0.475. The Morgan fingerprint density at radius 2 is 1.71 bits per heavy atom. The van der Waals surface area contributed by atoms with Crippen LogP contribution in [0.15, 0.2) is 12.4 Å². The van der Waals surface area contributed by atoms with Gasteiger partial charge in [-0.3, -0.25) is 14.3 Å². The van der Waals surface area contributed by atoms with Crippen molar-refractivity contribution in [1.82, 2.24) is 24.9 Å². The minimum Gasteiger partial charge on any atom is -0.339 e. The van der Waals surface area contributed by atoms with Crippen molar-refractivity contribution in [2.24, 2.45) is 12.5 Å². The van der Waals surface area contributed by atoms with Gasteiger partial charge in [0, 0.05) is 50.4 Å². The minimum atomic E-state index is -0.395. The zero-order chi connectivity index (χ0) is 17.2. The van der Waals surface area contributed by atoms with Crippen molar-refractivity contribution in [3.05, 3.63) is 18.0 Å². The molecule has 0 aromatic carbocycles. The van der Waals surface area contributed by atoms with Crippen LogP contribution in [0.4, 0.5) is 0 Å². The highest BCUT2D eigenvalue weighted by atomic mass is 35.5. The first kappa shape index (κ1) is 20.4. The Hall–Kier alpha value is -1.60. The van der Waals surface area contributed by atoms with Gasteiger partial charge in [0.25, 0.3) is 0 Å². The molecular formula is C16H28ClN5O2. The first-order valence-corrected chi connectivity index (χ1v) is 7.98. The van der Waals surface area contributed by atoms with E-state index in [9.17, 15) is 9.59 Å². The minimum absolute atomic E-state index is 0. The van der Waals surface area contributed by atoms with E-state index < -0.39 is 6.04 Å².